The Morgan fingerprint density at radius 2 is 1.61 bits per heavy atom. The van der Waals surface area contributed by atoms with Crippen molar-refractivity contribution in [3.8, 4) is 0 Å². The predicted octanol–water partition coefficient (Wildman–Crippen LogP) is 5.76. The Hall–Kier alpha value is -1.92. The lowest BCUT2D eigenvalue weighted by Gasteiger charge is -2.51. The maximum atomic E-state index is 12.9. The minimum atomic E-state index is -0.279. The monoisotopic (exact) mass is 481 g/mol. The molecule has 1 N–H and O–H groups in total. The molecule has 1 spiro atoms. The summed E-state index contributed by atoms with van der Waals surface area (Å²) in [7, 11) is 0. The molecule has 1 saturated heterocycles. The van der Waals surface area contributed by atoms with Crippen LogP contribution in [0.1, 0.15) is 43.2 Å². The van der Waals surface area contributed by atoms with Crippen LogP contribution in [0.15, 0.2) is 54.6 Å². The molecule has 174 valence electrons. The second-order valence-electron chi connectivity index (χ2n) is 9.39. The largest absolute Gasteiger partial charge is 0.455 e. The molecule has 2 aliphatic carbocycles. The van der Waals surface area contributed by atoms with Gasteiger partial charge in [-0.3, -0.25) is 9.59 Å². The third-order valence-electron chi connectivity index (χ3n) is 7.33. The Morgan fingerprint density at radius 3 is 2.33 bits per heavy atom. The Bertz CT molecular complexity index is 974. The zero-order valence-corrected chi connectivity index (χ0v) is 20.5. The van der Waals surface area contributed by atoms with Crippen LogP contribution in [0, 0.1) is 17.8 Å². The van der Waals surface area contributed by atoms with E-state index in [1.165, 1.54) is 36.3 Å². The van der Waals surface area contributed by atoms with Crippen LogP contribution in [0.4, 0.5) is 5.69 Å². The van der Waals surface area contributed by atoms with Crippen LogP contribution >= 0.6 is 23.5 Å². The summed E-state index contributed by atoms with van der Waals surface area (Å²) in [6.45, 7) is -0.223. The first-order chi connectivity index (χ1) is 16.1. The maximum Gasteiger partial charge on any atom is 0.309 e. The molecular formula is C27H31NO3S2. The van der Waals surface area contributed by atoms with Gasteiger partial charge in [-0.15, -0.1) is 23.5 Å². The van der Waals surface area contributed by atoms with Gasteiger partial charge < -0.3 is 10.1 Å². The summed E-state index contributed by atoms with van der Waals surface area (Å²) in [5.41, 5.74) is 3.00. The molecule has 3 atom stereocenters. The van der Waals surface area contributed by atoms with Crippen molar-refractivity contribution in [1.82, 2.24) is 0 Å². The van der Waals surface area contributed by atoms with Gasteiger partial charge in [0.05, 0.1) is 10.00 Å². The number of carbonyl (C=O) groups is 2. The molecule has 4 nitrogen and oxygen atoms in total. The number of anilines is 1. The van der Waals surface area contributed by atoms with Gasteiger partial charge in [-0.2, -0.15) is 0 Å². The number of hydrogen-bond acceptors (Lipinski definition) is 5. The molecule has 2 saturated carbocycles. The fourth-order valence-corrected chi connectivity index (χ4v) is 9.79. The van der Waals surface area contributed by atoms with E-state index in [2.05, 4.69) is 41.0 Å². The number of ether oxygens (including phenoxy) is 1. The zero-order valence-electron chi connectivity index (χ0n) is 18.8. The molecule has 2 aromatic rings. The van der Waals surface area contributed by atoms with Gasteiger partial charge in [0.2, 0.25) is 0 Å². The van der Waals surface area contributed by atoms with Crippen LogP contribution in [0.3, 0.4) is 0 Å². The summed E-state index contributed by atoms with van der Waals surface area (Å²) in [5, 5.41) is 2.95. The van der Waals surface area contributed by atoms with E-state index >= 15 is 0 Å². The second kappa shape index (κ2) is 10.1. The zero-order chi connectivity index (χ0) is 22.7. The van der Waals surface area contributed by atoms with E-state index in [1.807, 2.05) is 42.5 Å². The van der Waals surface area contributed by atoms with Gasteiger partial charge >= 0.3 is 5.97 Å². The highest BCUT2D eigenvalue weighted by Crippen LogP contribution is 2.64. The number of para-hydroxylation sites is 1. The molecule has 33 heavy (non-hydrogen) atoms. The van der Waals surface area contributed by atoms with Crippen LogP contribution in [0.5, 0.6) is 0 Å². The second-order valence-corrected chi connectivity index (χ2v) is 12.4. The fraction of sp³-hybridized carbons (Fsp3) is 0.481. The minimum absolute atomic E-state index is 0.0640. The SMILES string of the molecule is O=C(COC(=O)C1C[C@H]2CCC[C@@H](C1)C21SCCS1)Nc1ccccc1Cc1ccccc1. The van der Waals surface area contributed by atoms with Gasteiger partial charge in [-0.1, -0.05) is 55.0 Å². The number of carbonyl (C=O) groups excluding carboxylic acids is 2. The van der Waals surface area contributed by atoms with E-state index < -0.39 is 0 Å². The van der Waals surface area contributed by atoms with E-state index in [1.54, 1.807) is 0 Å². The van der Waals surface area contributed by atoms with Crippen molar-refractivity contribution in [2.45, 2.75) is 42.6 Å². The lowest BCUT2D eigenvalue weighted by atomic mass is 9.67. The van der Waals surface area contributed by atoms with Crippen molar-refractivity contribution >= 4 is 41.1 Å². The highest BCUT2D eigenvalue weighted by molar-refractivity contribution is 8.21. The lowest BCUT2D eigenvalue weighted by Crippen LogP contribution is -2.48. The van der Waals surface area contributed by atoms with Gasteiger partial charge in [0, 0.05) is 17.2 Å². The Kier molecular flexibility index (Phi) is 7.02. The molecule has 2 bridgehead atoms. The Morgan fingerprint density at radius 1 is 0.939 bits per heavy atom. The van der Waals surface area contributed by atoms with Crippen LogP contribution in [0.2, 0.25) is 0 Å². The van der Waals surface area contributed by atoms with Gasteiger partial charge in [-0.05, 0) is 61.1 Å². The van der Waals surface area contributed by atoms with E-state index in [0.717, 1.165) is 30.5 Å². The number of rotatable bonds is 6. The minimum Gasteiger partial charge on any atom is -0.455 e. The van der Waals surface area contributed by atoms with Gasteiger partial charge in [-0.25, -0.2) is 0 Å². The molecule has 3 aliphatic rings. The highest BCUT2D eigenvalue weighted by Gasteiger charge is 2.55. The number of thioether (sulfide) groups is 2. The molecule has 6 heteroatoms. The van der Waals surface area contributed by atoms with Crippen LogP contribution in [0.25, 0.3) is 0 Å². The quantitative estimate of drug-likeness (QED) is 0.532. The molecule has 1 amide bonds. The first kappa shape index (κ1) is 22.9. The summed E-state index contributed by atoms with van der Waals surface area (Å²) < 4.78 is 5.87. The first-order valence-corrected chi connectivity index (χ1v) is 14.0. The van der Waals surface area contributed by atoms with E-state index in [4.69, 9.17) is 4.74 Å². The molecule has 2 aromatic carbocycles. The standard InChI is InChI=1S/C27H31NO3S2/c29-25(28-24-12-5-4-9-20(24)15-19-7-2-1-3-8-19)18-31-26(30)21-16-22-10-6-11-23(17-21)27(22)32-13-14-33-27/h1-5,7-9,12,21-23H,6,10-11,13-18H2,(H,28,29)/t21?,22-,23+. The number of esters is 1. The highest BCUT2D eigenvalue weighted by atomic mass is 32.2. The molecular weight excluding hydrogens is 450 g/mol. The third kappa shape index (κ3) is 4.97. The number of benzene rings is 2. The van der Waals surface area contributed by atoms with Gasteiger partial charge in [0.25, 0.3) is 5.91 Å². The van der Waals surface area contributed by atoms with Crippen LogP contribution < -0.4 is 5.32 Å². The number of nitrogens with one attached hydrogen (secondary N) is 1. The van der Waals surface area contributed by atoms with E-state index in [9.17, 15) is 9.59 Å². The van der Waals surface area contributed by atoms with Crippen molar-refractivity contribution in [2.75, 3.05) is 23.4 Å². The molecule has 3 fully saturated rings. The van der Waals surface area contributed by atoms with E-state index in [-0.39, 0.29) is 24.4 Å². The molecule has 1 heterocycles. The maximum absolute atomic E-state index is 12.9. The number of hydrogen-bond donors (Lipinski definition) is 1. The summed E-state index contributed by atoms with van der Waals surface area (Å²) in [4.78, 5) is 25.5. The topological polar surface area (TPSA) is 55.4 Å². The molecule has 0 radical (unpaired) electrons. The summed E-state index contributed by atoms with van der Waals surface area (Å²) >= 11 is 4.28. The average Bonchev–Trinajstić information content (AvgIpc) is 3.29. The normalized spacial score (nSPS) is 25.5. The molecule has 1 aliphatic heterocycles. The summed E-state index contributed by atoms with van der Waals surface area (Å²) in [6, 6.07) is 18.0. The van der Waals surface area contributed by atoms with E-state index in [0.29, 0.717) is 15.9 Å². The summed E-state index contributed by atoms with van der Waals surface area (Å²) in [5.74, 6) is 3.13. The van der Waals surface area contributed by atoms with Crippen molar-refractivity contribution in [1.29, 1.82) is 0 Å². The Labute approximate surface area is 204 Å². The van der Waals surface area contributed by atoms with Crippen molar-refractivity contribution < 1.29 is 14.3 Å². The Balaban J connectivity index is 1.16. The molecule has 0 aromatic heterocycles. The predicted molar refractivity (Wildman–Crippen MR) is 136 cm³/mol. The van der Waals surface area contributed by atoms with Crippen LogP contribution in [-0.2, 0) is 20.7 Å². The van der Waals surface area contributed by atoms with Crippen LogP contribution in [-0.4, -0.2) is 34.1 Å². The number of amides is 1. The fourth-order valence-electron chi connectivity index (χ4n) is 5.85. The smallest absolute Gasteiger partial charge is 0.309 e. The van der Waals surface area contributed by atoms with Crippen molar-refractivity contribution in [2.24, 2.45) is 17.8 Å². The van der Waals surface area contributed by atoms with Crippen molar-refractivity contribution in [3.05, 3.63) is 65.7 Å². The lowest BCUT2D eigenvalue weighted by molar-refractivity contribution is -0.154. The molecule has 1 unspecified atom stereocenters. The first-order valence-electron chi connectivity index (χ1n) is 12.0. The third-order valence-corrected chi connectivity index (χ3v) is 11.3. The average molecular weight is 482 g/mol. The van der Waals surface area contributed by atoms with Gasteiger partial charge in [0.1, 0.15) is 0 Å². The molecule has 5 rings (SSSR count). The van der Waals surface area contributed by atoms with Crippen molar-refractivity contribution in [3.63, 3.8) is 0 Å². The van der Waals surface area contributed by atoms with Gasteiger partial charge in [0.15, 0.2) is 6.61 Å². The summed E-state index contributed by atoms with van der Waals surface area (Å²) in [6.07, 6.45) is 6.29.